The Hall–Kier alpha value is -1.57. The lowest BCUT2D eigenvalue weighted by atomic mass is 10.1. The van der Waals surface area contributed by atoms with E-state index in [2.05, 4.69) is 65.8 Å². The van der Waals surface area contributed by atoms with Crippen molar-refractivity contribution in [3.8, 4) is 5.69 Å². The molecule has 5 nitrogen and oxygen atoms in total. The third kappa shape index (κ3) is 6.34. The molecule has 25 heavy (non-hydrogen) atoms. The van der Waals surface area contributed by atoms with Gasteiger partial charge in [-0.25, -0.2) is 4.68 Å². The number of aromatic nitrogens is 2. The van der Waals surface area contributed by atoms with Crippen molar-refractivity contribution in [2.24, 2.45) is 10.9 Å². The van der Waals surface area contributed by atoms with Gasteiger partial charge in [0.1, 0.15) is 0 Å². The normalized spacial score (nSPS) is 11.4. The molecule has 0 aliphatic carbocycles. The Bertz CT molecular complexity index is 691. The number of aliphatic imine (C=N–C) groups is 1. The molecule has 0 unspecified atom stereocenters. The molecule has 2 N–H and O–H groups in total. The van der Waals surface area contributed by atoms with E-state index in [4.69, 9.17) is 0 Å². The van der Waals surface area contributed by atoms with Crippen molar-refractivity contribution < 1.29 is 0 Å². The molecule has 0 aliphatic rings. The summed E-state index contributed by atoms with van der Waals surface area (Å²) < 4.78 is 2.00. The fraction of sp³-hybridized carbons (Fsp3) is 0.474. The zero-order chi connectivity index (χ0) is 17.5. The molecule has 0 spiro atoms. The molecule has 6 heteroatoms. The number of halogens is 1. The van der Waals surface area contributed by atoms with Crippen LogP contribution in [-0.2, 0) is 6.54 Å². The standard InChI is InChI=1S/C19H29N5.HI/c1-14(2)10-11-21-19(20-5)22-13-17-8-6-7-9-18(17)24-16(4)12-15(3)23-24;/h6-9,12,14H,10-11,13H2,1-5H3,(H2,20,21,22);1H. The Morgan fingerprint density at radius 3 is 2.52 bits per heavy atom. The van der Waals surface area contributed by atoms with Gasteiger partial charge in [-0.15, -0.1) is 24.0 Å². The van der Waals surface area contributed by atoms with Gasteiger partial charge in [0.15, 0.2) is 5.96 Å². The van der Waals surface area contributed by atoms with Gasteiger partial charge in [-0.05, 0) is 43.9 Å². The number of guanidine groups is 1. The maximum Gasteiger partial charge on any atom is 0.191 e. The van der Waals surface area contributed by atoms with E-state index in [1.165, 1.54) is 5.56 Å². The van der Waals surface area contributed by atoms with Gasteiger partial charge in [-0.2, -0.15) is 5.10 Å². The molecule has 138 valence electrons. The van der Waals surface area contributed by atoms with Crippen LogP contribution < -0.4 is 10.6 Å². The summed E-state index contributed by atoms with van der Waals surface area (Å²) in [5.41, 5.74) is 4.46. The smallest absolute Gasteiger partial charge is 0.191 e. The van der Waals surface area contributed by atoms with Gasteiger partial charge in [0.25, 0.3) is 0 Å². The molecule has 0 amide bonds. The van der Waals surface area contributed by atoms with Crippen LogP contribution in [0.15, 0.2) is 35.3 Å². The highest BCUT2D eigenvalue weighted by Gasteiger charge is 2.09. The fourth-order valence-corrected chi connectivity index (χ4v) is 2.62. The SMILES string of the molecule is CN=C(NCCC(C)C)NCc1ccccc1-n1nc(C)cc1C.I. The van der Waals surface area contributed by atoms with E-state index in [1.807, 2.05) is 17.7 Å². The van der Waals surface area contributed by atoms with E-state index < -0.39 is 0 Å². The minimum atomic E-state index is 0. The van der Waals surface area contributed by atoms with Crippen molar-refractivity contribution in [3.63, 3.8) is 0 Å². The third-order valence-electron chi connectivity index (χ3n) is 3.91. The first-order chi connectivity index (χ1) is 11.5. The first-order valence-corrected chi connectivity index (χ1v) is 8.57. The number of aryl methyl sites for hydroxylation is 2. The quantitative estimate of drug-likeness (QED) is 0.396. The number of para-hydroxylation sites is 1. The summed E-state index contributed by atoms with van der Waals surface area (Å²) >= 11 is 0. The minimum absolute atomic E-state index is 0. The van der Waals surface area contributed by atoms with Crippen molar-refractivity contribution in [1.29, 1.82) is 0 Å². The van der Waals surface area contributed by atoms with Gasteiger partial charge in [-0.1, -0.05) is 32.0 Å². The van der Waals surface area contributed by atoms with E-state index in [1.54, 1.807) is 7.05 Å². The number of nitrogens with zero attached hydrogens (tertiary/aromatic N) is 3. The molecule has 0 bridgehead atoms. The maximum atomic E-state index is 4.60. The Labute approximate surface area is 168 Å². The second-order valence-corrected chi connectivity index (χ2v) is 6.50. The largest absolute Gasteiger partial charge is 0.356 e. The molecular formula is C19H30IN5. The van der Waals surface area contributed by atoms with Gasteiger partial charge in [0.2, 0.25) is 0 Å². The molecule has 2 rings (SSSR count). The zero-order valence-electron chi connectivity index (χ0n) is 15.8. The molecule has 0 saturated heterocycles. The molecule has 0 fully saturated rings. The van der Waals surface area contributed by atoms with E-state index in [0.717, 1.165) is 36.0 Å². The van der Waals surface area contributed by atoms with Gasteiger partial charge in [-0.3, -0.25) is 4.99 Å². The average molecular weight is 455 g/mol. The fourth-order valence-electron chi connectivity index (χ4n) is 2.62. The number of benzene rings is 1. The summed E-state index contributed by atoms with van der Waals surface area (Å²) in [5.74, 6) is 1.51. The first-order valence-electron chi connectivity index (χ1n) is 8.57. The Morgan fingerprint density at radius 2 is 1.92 bits per heavy atom. The molecule has 2 aromatic rings. The van der Waals surface area contributed by atoms with Crippen LogP contribution in [0.3, 0.4) is 0 Å². The highest BCUT2D eigenvalue weighted by atomic mass is 127. The van der Waals surface area contributed by atoms with Crippen LogP contribution >= 0.6 is 24.0 Å². The van der Waals surface area contributed by atoms with Gasteiger partial charge in [0.05, 0.1) is 11.4 Å². The van der Waals surface area contributed by atoms with Crippen molar-refractivity contribution >= 4 is 29.9 Å². The van der Waals surface area contributed by atoms with Crippen LogP contribution in [0.1, 0.15) is 37.2 Å². The lowest BCUT2D eigenvalue weighted by molar-refractivity contribution is 0.573. The van der Waals surface area contributed by atoms with Crippen molar-refractivity contribution in [1.82, 2.24) is 20.4 Å². The molecule has 0 atom stereocenters. The van der Waals surface area contributed by atoms with Crippen molar-refractivity contribution in [3.05, 3.63) is 47.3 Å². The molecule has 0 radical (unpaired) electrons. The number of hydrogen-bond acceptors (Lipinski definition) is 2. The summed E-state index contributed by atoms with van der Waals surface area (Å²) in [6.45, 7) is 10.2. The zero-order valence-corrected chi connectivity index (χ0v) is 18.2. The average Bonchev–Trinajstić information content (AvgIpc) is 2.89. The topological polar surface area (TPSA) is 54.2 Å². The van der Waals surface area contributed by atoms with Gasteiger partial charge < -0.3 is 10.6 Å². The summed E-state index contributed by atoms with van der Waals surface area (Å²) in [6, 6.07) is 10.4. The summed E-state index contributed by atoms with van der Waals surface area (Å²) in [4.78, 5) is 4.30. The lowest BCUT2D eigenvalue weighted by Crippen LogP contribution is -2.37. The monoisotopic (exact) mass is 455 g/mol. The number of hydrogen-bond donors (Lipinski definition) is 2. The van der Waals surface area contributed by atoms with Crippen LogP contribution in [-0.4, -0.2) is 29.3 Å². The van der Waals surface area contributed by atoms with E-state index in [0.29, 0.717) is 12.5 Å². The second-order valence-electron chi connectivity index (χ2n) is 6.50. The predicted octanol–water partition coefficient (Wildman–Crippen LogP) is 3.82. The maximum absolute atomic E-state index is 4.60. The Balaban J connectivity index is 0.00000312. The van der Waals surface area contributed by atoms with Crippen molar-refractivity contribution in [2.45, 2.75) is 40.7 Å². The molecule has 0 aliphatic heterocycles. The Kier molecular flexibility index (Phi) is 8.96. The van der Waals surface area contributed by atoms with Gasteiger partial charge in [0, 0.05) is 25.8 Å². The summed E-state index contributed by atoms with van der Waals surface area (Å²) in [7, 11) is 1.80. The lowest BCUT2D eigenvalue weighted by Gasteiger charge is -2.15. The van der Waals surface area contributed by atoms with E-state index in [-0.39, 0.29) is 24.0 Å². The molecule has 1 aromatic heterocycles. The summed E-state index contributed by atoms with van der Waals surface area (Å²) in [5, 5.41) is 11.4. The van der Waals surface area contributed by atoms with Crippen LogP contribution in [0.25, 0.3) is 5.69 Å². The summed E-state index contributed by atoms with van der Waals surface area (Å²) in [6.07, 6.45) is 1.13. The second kappa shape index (κ2) is 10.4. The number of rotatable bonds is 6. The highest BCUT2D eigenvalue weighted by Crippen LogP contribution is 2.16. The highest BCUT2D eigenvalue weighted by molar-refractivity contribution is 14.0. The molecular weight excluding hydrogens is 425 g/mol. The third-order valence-corrected chi connectivity index (χ3v) is 3.91. The van der Waals surface area contributed by atoms with Crippen LogP contribution in [0.4, 0.5) is 0 Å². The van der Waals surface area contributed by atoms with Crippen molar-refractivity contribution in [2.75, 3.05) is 13.6 Å². The minimum Gasteiger partial charge on any atom is -0.356 e. The number of nitrogens with one attached hydrogen (secondary N) is 2. The first kappa shape index (κ1) is 21.5. The Morgan fingerprint density at radius 1 is 1.20 bits per heavy atom. The van der Waals surface area contributed by atoms with Crippen LogP contribution in [0.2, 0.25) is 0 Å². The van der Waals surface area contributed by atoms with Crippen LogP contribution in [0, 0.1) is 19.8 Å². The van der Waals surface area contributed by atoms with E-state index >= 15 is 0 Å². The molecule has 1 heterocycles. The van der Waals surface area contributed by atoms with Crippen LogP contribution in [0.5, 0.6) is 0 Å². The predicted molar refractivity (Wildman–Crippen MR) is 116 cm³/mol. The van der Waals surface area contributed by atoms with Gasteiger partial charge >= 0.3 is 0 Å². The molecule has 1 aromatic carbocycles. The van der Waals surface area contributed by atoms with E-state index in [9.17, 15) is 0 Å². The molecule has 0 saturated carbocycles.